The van der Waals surface area contributed by atoms with E-state index in [0.29, 0.717) is 6.07 Å². The second-order valence-electron chi connectivity index (χ2n) is 3.59. The third-order valence-corrected chi connectivity index (χ3v) is 2.37. The molecular weight excluding hydrogens is 249 g/mol. The molecule has 0 saturated carbocycles. The van der Waals surface area contributed by atoms with Crippen molar-refractivity contribution in [3.63, 3.8) is 0 Å². The van der Waals surface area contributed by atoms with Crippen LogP contribution in [-0.2, 0) is 7.05 Å². The fraction of sp³-hybridized carbons (Fsp3) is 0.0909. The molecule has 0 aliphatic carbocycles. The van der Waals surface area contributed by atoms with Gasteiger partial charge in [0.1, 0.15) is 5.82 Å². The second kappa shape index (κ2) is 4.17. The van der Waals surface area contributed by atoms with Gasteiger partial charge in [0.25, 0.3) is 0 Å². The molecule has 2 aromatic rings. The Morgan fingerprint density at radius 1 is 1.28 bits per heavy atom. The molecule has 1 aromatic heterocycles. The molecule has 2 rings (SSSR count). The fourth-order valence-electron chi connectivity index (χ4n) is 1.57. The van der Waals surface area contributed by atoms with E-state index in [2.05, 4.69) is 5.10 Å². The lowest BCUT2D eigenvalue weighted by Gasteiger charge is -2.04. The molecule has 0 unspecified atom stereocenters. The first kappa shape index (κ1) is 12.2. The number of carboxylic acid groups (broad SMARTS) is 1. The van der Waals surface area contributed by atoms with Gasteiger partial charge in [-0.05, 0) is 12.1 Å². The molecule has 0 spiro atoms. The Labute approximate surface area is 99.3 Å². The molecule has 0 saturated heterocycles. The van der Waals surface area contributed by atoms with Gasteiger partial charge in [-0.1, -0.05) is 0 Å². The molecule has 0 amide bonds. The van der Waals surface area contributed by atoms with Crippen molar-refractivity contribution in [3.8, 4) is 11.3 Å². The normalized spacial score (nSPS) is 10.7. The van der Waals surface area contributed by atoms with Crippen molar-refractivity contribution < 1.29 is 23.1 Å². The third-order valence-electron chi connectivity index (χ3n) is 2.37. The number of aromatic carboxylic acids is 1. The van der Waals surface area contributed by atoms with Crippen molar-refractivity contribution in [1.29, 1.82) is 0 Å². The number of halogens is 3. The van der Waals surface area contributed by atoms with Crippen LogP contribution >= 0.6 is 0 Å². The molecular formula is C11H7F3N2O2. The number of carbonyl (C=O) groups is 1. The van der Waals surface area contributed by atoms with E-state index in [0.717, 1.165) is 16.8 Å². The molecule has 0 aliphatic heterocycles. The summed E-state index contributed by atoms with van der Waals surface area (Å²) in [4.78, 5) is 10.7. The Morgan fingerprint density at radius 2 is 1.94 bits per heavy atom. The molecule has 0 atom stereocenters. The standard InChI is InChI=1S/C11H7F3N2O2/c1-16-9(4-8(15-16)11(17)18)6-2-5(12)3-7(13)10(6)14/h2-4H,1H3,(H,17,18). The number of benzene rings is 1. The molecule has 4 nitrogen and oxygen atoms in total. The van der Waals surface area contributed by atoms with Crippen molar-refractivity contribution in [2.75, 3.05) is 0 Å². The van der Waals surface area contributed by atoms with E-state index in [4.69, 9.17) is 5.11 Å². The first-order chi connectivity index (χ1) is 8.40. The lowest BCUT2D eigenvalue weighted by atomic mass is 10.1. The van der Waals surface area contributed by atoms with Crippen molar-refractivity contribution in [1.82, 2.24) is 9.78 Å². The second-order valence-corrected chi connectivity index (χ2v) is 3.59. The first-order valence-corrected chi connectivity index (χ1v) is 4.82. The number of carboxylic acids is 1. The van der Waals surface area contributed by atoms with Gasteiger partial charge in [0.05, 0.1) is 5.69 Å². The molecule has 0 radical (unpaired) electrons. The number of nitrogens with zero attached hydrogens (tertiary/aromatic N) is 2. The maximum absolute atomic E-state index is 13.5. The number of hydrogen-bond acceptors (Lipinski definition) is 2. The van der Waals surface area contributed by atoms with E-state index in [1.165, 1.54) is 7.05 Å². The van der Waals surface area contributed by atoms with Crippen molar-refractivity contribution in [2.45, 2.75) is 0 Å². The van der Waals surface area contributed by atoms with Crippen LogP contribution in [-0.4, -0.2) is 20.9 Å². The summed E-state index contributed by atoms with van der Waals surface area (Å²) in [6, 6.07) is 2.23. The zero-order valence-electron chi connectivity index (χ0n) is 9.12. The SMILES string of the molecule is Cn1nc(C(=O)O)cc1-c1cc(F)cc(F)c1F. The highest BCUT2D eigenvalue weighted by molar-refractivity contribution is 5.87. The monoisotopic (exact) mass is 256 g/mol. The minimum absolute atomic E-state index is 0.0247. The van der Waals surface area contributed by atoms with Crippen LogP contribution in [0.5, 0.6) is 0 Å². The van der Waals surface area contributed by atoms with Gasteiger partial charge in [0.2, 0.25) is 0 Å². The average molecular weight is 256 g/mol. The topological polar surface area (TPSA) is 55.1 Å². The van der Waals surface area contributed by atoms with Crippen molar-refractivity contribution in [2.24, 2.45) is 7.05 Å². The molecule has 0 fully saturated rings. The summed E-state index contributed by atoms with van der Waals surface area (Å²) in [5.74, 6) is -4.87. The van der Waals surface area contributed by atoms with Crippen LogP contribution in [0.4, 0.5) is 13.2 Å². The van der Waals surface area contributed by atoms with Gasteiger partial charge in [-0.15, -0.1) is 0 Å². The highest BCUT2D eigenvalue weighted by Gasteiger charge is 2.18. The van der Waals surface area contributed by atoms with Crippen LogP contribution in [0.1, 0.15) is 10.5 Å². The third kappa shape index (κ3) is 1.94. The molecule has 1 heterocycles. The van der Waals surface area contributed by atoms with Gasteiger partial charge in [-0.2, -0.15) is 5.10 Å². The highest BCUT2D eigenvalue weighted by Crippen LogP contribution is 2.26. The van der Waals surface area contributed by atoms with Gasteiger partial charge >= 0.3 is 5.97 Å². The van der Waals surface area contributed by atoms with E-state index in [1.54, 1.807) is 0 Å². The molecule has 1 aromatic carbocycles. The summed E-state index contributed by atoms with van der Waals surface area (Å²) < 4.78 is 40.7. The van der Waals surface area contributed by atoms with Crippen LogP contribution in [0.15, 0.2) is 18.2 Å². The Kier molecular flexibility index (Phi) is 2.82. The predicted molar refractivity (Wildman–Crippen MR) is 55.5 cm³/mol. The molecule has 0 bridgehead atoms. The zero-order chi connectivity index (χ0) is 13.4. The maximum atomic E-state index is 13.5. The minimum atomic E-state index is -1.34. The van der Waals surface area contributed by atoms with Gasteiger partial charge in [-0.3, -0.25) is 4.68 Å². The van der Waals surface area contributed by atoms with E-state index < -0.39 is 23.4 Å². The Morgan fingerprint density at radius 3 is 2.50 bits per heavy atom. The van der Waals surface area contributed by atoms with E-state index >= 15 is 0 Å². The summed E-state index contributed by atoms with van der Waals surface area (Å²) in [5, 5.41) is 12.3. The summed E-state index contributed by atoms with van der Waals surface area (Å²) in [5.41, 5.74) is -0.741. The zero-order valence-corrected chi connectivity index (χ0v) is 9.12. The highest BCUT2D eigenvalue weighted by atomic mass is 19.2. The van der Waals surface area contributed by atoms with Crippen LogP contribution in [0.2, 0.25) is 0 Å². The largest absolute Gasteiger partial charge is 0.476 e. The van der Waals surface area contributed by atoms with Gasteiger partial charge in [0, 0.05) is 18.7 Å². The Balaban J connectivity index is 2.65. The lowest BCUT2D eigenvalue weighted by molar-refractivity contribution is 0.0689. The van der Waals surface area contributed by atoms with Crippen LogP contribution < -0.4 is 0 Å². The van der Waals surface area contributed by atoms with E-state index in [9.17, 15) is 18.0 Å². The Hall–Kier alpha value is -2.31. The fourth-order valence-corrected chi connectivity index (χ4v) is 1.57. The smallest absolute Gasteiger partial charge is 0.356 e. The van der Waals surface area contributed by atoms with Crippen LogP contribution in [0.3, 0.4) is 0 Å². The summed E-state index contributed by atoms with van der Waals surface area (Å²) in [7, 11) is 1.35. The van der Waals surface area contributed by atoms with Crippen LogP contribution in [0.25, 0.3) is 11.3 Å². The minimum Gasteiger partial charge on any atom is -0.476 e. The van der Waals surface area contributed by atoms with Gasteiger partial charge in [0.15, 0.2) is 17.3 Å². The van der Waals surface area contributed by atoms with Crippen LogP contribution in [0, 0.1) is 17.5 Å². The number of aryl methyl sites for hydroxylation is 1. The maximum Gasteiger partial charge on any atom is 0.356 e. The number of hydrogen-bond donors (Lipinski definition) is 1. The van der Waals surface area contributed by atoms with E-state index in [1.807, 2.05) is 0 Å². The quantitative estimate of drug-likeness (QED) is 0.838. The van der Waals surface area contributed by atoms with Gasteiger partial charge in [-0.25, -0.2) is 18.0 Å². The average Bonchev–Trinajstić information content (AvgIpc) is 2.66. The number of aromatic nitrogens is 2. The van der Waals surface area contributed by atoms with E-state index in [-0.39, 0.29) is 17.0 Å². The van der Waals surface area contributed by atoms with Gasteiger partial charge < -0.3 is 5.11 Å². The molecule has 0 aliphatic rings. The van der Waals surface area contributed by atoms with Crippen molar-refractivity contribution >= 4 is 5.97 Å². The predicted octanol–water partition coefficient (Wildman–Crippen LogP) is 2.20. The first-order valence-electron chi connectivity index (χ1n) is 4.82. The summed E-state index contributed by atoms with van der Waals surface area (Å²) >= 11 is 0. The molecule has 94 valence electrons. The summed E-state index contributed by atoms with van der Waals surface area (Å²) in [6.45, 7) is 0. The summed E-state index contributed by atoms with van der Waals surface area (Å²) in [6.07, 6.45) is 0. The molecule has 18 heavy (non-hydrogen) atoms. The van der Waals surface area contributed by atoms with Crippen molar-refractivity contribution in [3.05, 3.63) is 41.3 Å². The molecule has 7 heteroatoms. The lowest BCUT2D eigenvalue weighted by Crippen LogP contribution is -2.00. The molecule has 1 N–H and O–H groups in total. The Bertz CT molecular complexity index is 637. The number of rotatable bonds is 2.